The average Bonchev–Trinajstić information content (AvgIpc) is 3.22. The molecule has 1 aromatic rings. The second kappa shape index (κ2) is 5.10. The fraction of sp³-hybridized carbons (Fsp3) is 0.533. The van der Waals surface area contributed by atoms with Crippen LogP contribution >= 0.6 is 0 Å². The first-order valence-corrected chi connectivity index (χ1v) is 6.82. The quantitative estimate of drug-likeness (QED) is 0.900. The Hall–Kier alpha value is -1.73. The van der Waals surface area contributed by atoms with Crippen LogP contribution in [-0.2, 0) is 6.54 Å². The molecule has 0 unspecified atom stereocenters. The molecular weight excluding hydrogens is 240 g/mol. The highest BCUT2D eigenvalue weighted by molar-refractivity contribution is 5.43. The Balaban J connectivity index is 1.59. The average molecular weight is 258 g/mol. The highest BCUT2D eigenvalue weighted by atomic mass is 16.5. The first-order valence-electron chi connectivity index (χ1n) is 6.82. The molecule has 1 saturated carbocycles. The van der Waals surface area contributed by atoms with Crippen LogP contribution in [0.1, 0.15) is 24.8 Å². The maximum atomic E-state index is 9.02. The van der Waals surface area contributed by atoms with E-state index < -0.39 is 0 Å². The van der Waals surface area contributed by atoms with Crippen LogP contribution in [0.25, 0.3) is 0 Å². The van der Waals surface area contributed by atoms with Gasteiger partial charge in [-0.15, -0.1) is 0 Å². The van der Waals surface area contributed by atoms with Crippen molar-refractivity contribution >= 4 is 0 Å². The van der Waals surface area contributed by atoms with Crippen molar-refractivity contribution in [3.63, 3.8) is 0 Å². The van der Waals surface area contributed by atoms with Crippen LogP contribution in [0, 0.1) is 16.7 Å². The van der Waals surface area contributed by atoms with Crippen LogP contribution in [0.5, 0.6) is 11.5 Å². The number of fused-ring (bicyclic) bond motifs is 1. The number of rotatable bonds is 4. The largest absolute Gasteiger partial charge is 0.490 e. The molecule has 4 heteroatoms. The molecule has 4 nitrogen and oxygen atoms in total. The minimum absolute atomic E-state index is 0.0920. The van der Waals surface area contributed by atoms with Crippen molar-refractivity contribution in [2.75, 3.05) is 19.8 Å². The van der Waals surface area contributed by atoms with Gasteiger partial charge in [0.15, 0.2) is 11.5 Å². The second-order valence-corrected chi connectivity index (χ2v) is 5.33. The van der Waals surface area contributed by atoms with E-state index in [1.165, 1.54) is 0 Å². The number of nitrogens with zero attached hydrogens (tertiary/aromatic N) is 1. The van der Waals surface area contributed by atoms with Crippen molar-refractivity contribution in [1.29, 1.82) is 5.26 Å². The molecule has 1 heterocycles. The van der Waals surface area contributed by atoms with E-state index in [9.17, 15) is 0 Å². The number of benzene rings is 1. The predicted octanol–water partition coefficient (Wildman–Crippen LogP) is 2.24. The number of hydrogen-bond donors (Lipinski definition) is 1. The lowest BCUT2D eigenvalue weighted by molar-refractivity contribution is 0.297. The molecule has 1 aliphatic carbocycles. The van der Waals surface area contributed by atoms with E-state index in [-0.39, 0.29) is 5.41 Å². The zero-order chi connectivity index (χ0) is 13.1. The van der Waals surface area contributed by atoms with Gasteiger partial charge in [0, 0.05) is 19.5 Å². The molecule has 100 valence electrons. The lowest BCUT2D eigenvalue weighted by Gasteiger charge is -2.11. The zero-order valence-corrected chi connectivity index (χ0v) is 10.9. The molecule has 19 heavy (non-hydrogen) atoms. The summed E-state index contributed by atoms with van der Waals surface area (Å²) in [7, 11) is 0. The second-order valence-electron chi connectivity index (χ2n) is 5.33. The van der Waals surface area contributed by atoms with E-state index in [0.29, 0.717) is 6.61 Å². The van der Waals surface area contributed by atoms with Gasteiger partial charge >= 0.3 is 0 Å². The van der Waals surface area contributed by atoms with Gasteiger partial charge in [0.25, 0.3) is 0 Å². The molecule has 0 spiro atoms. The third kappa shape index (κ3) is 2.82. The molecule has 0 amide bonds. The number of ether oxygens (including phenoxy) is 2. The summed E-state index contributed by atoms with van der Waals surface area (Å²) in [6, 6.07) is 8.43. The maximum Gasteiger partial charge on any atom is 0.161 e. The Morgan fingerprint density at radius 1 is 1.21 bits per heavy atom. The van der Waals surface area contributed by atoms with Crippen LogP contribution in [-0.4, -0.2) is 19.8 Å². The Kier molecular flexibility index (Phi) is 3.31. The summed E-state index contributed by atoms with van der Waals surface area (Å²) in [5, 5.41) is 12.4. The first-order chi connectivity index (χ1) is 9.31. The van der Waals surface area contributed by atoms with Gasteiger partial charge in [-0.3, -0.25) is 0 Å². The summed E-state index contributed by atoms with van der Waals surface area (Å²) in [4.78, 5) is 0. The molecule has 2 aliphatic rings. The molecule has 0 saturated heterocycles. The molecular formula is C15H18N2O2. The first kappa shape index (κ1) is 12.3. The van der Waals surface area contributed by atoms with Gasteiger partial charge in [0.2, 0.25) is 0 Å². The van der Waals surface area contributed by atoms with Crippen LogP contribution in [0.15, 0.2) is 18.2 Å². The molecule has 0 radical (unpaired) electrons. The van der Waals surface area contributed by atoms with E-state index >= 15 is 0 Å². The Morgan fingerprint density at radius 2 is 2.00 bits per heavy atom. The van der Waals surface area contributed by atoms with E-state index in [4.69, 9.17) is 14.7 Å². The molecule has 1 N–H and O–H groups in total. The lowest BCUT2D eigenvalue weighted by Crippen LogP contribution is -2.22. The smallest absolute Gasteiger partial charge is 0.161 e. The van der Waals surface area contributed by atoms with Gasteiger partial charge < -0.3 is 14.8 Å². The third-order valence-electron chi connectivity index (χ3n) is 3.70. The Morgan fingerprint density at radius 3 is 2.74 bits per heavy atom. The summed E-state index contributed by atoms with van der Waals surface area (Å²) < 4.78 is 11.3. The number of nitriles is 1. The lowest BCUT2D eigenvalue weighted by atomic mass is 10.1. The number of hydrogen-bond acceptors (Lipinski definition) is 4. The minimum atomic E-state index is -0.0920. The van der Waals surface area contributed by atoms with Gasteiger partial charge in [0.05, 0.1) is 24.7 Å². The van der Waals surface area contributed by atoms with Crippen molar-refractivity contribution in [3.05, 3.63) is 23.8 Å². The standard InChI is InChI=1S/C15H18N2O2/c16-10-15(4-5-15)11-17-9-12-2-3-13-14(8-12)19-7-1-6-18-13/h2-3,8,17H,1,4-7,9,11H2. The van der Waals surface area contributed by atoms with Gasteiger partial charge in [-0.25, -0.2) is 0 Å². The molecule has 1 aliphatic heterocycles. The fourth-order valence-electron chi connectivity index (χ4n) is 2.24. The SMILES string of the molecule is N#CC1(CNCc2ccc3c(c2)OCCCO3)CC1. The monoisotopic (exact) mass is 258 g/mol. The third-order valence-corrected chi connectivity index (χ3v) is 3.70. The molecule has 0 atom stereocenters. The summed E-state index contributed by atoms with van der Waals surface area (Å²) >= 11 is 0. The zero-order valence-electron chi connectivity index (χ0n) is 10.9. The predicted molar refractivity (Wildman–Crippen MR) is 71.0 cm³/mol. The van der Waals surface area contributed by atoms with Gasteiger partial charge in [-0.2, -0.15) is 5.26 Å². The van der Waals surface area contributed by atoms with Gasteiger partial charge in [0.1, 0.15) is 0 Å². The van der Waals surface area contributed by atoms with Crippen molar-refractivity contribution in [3.8, 4) is 17.6 Å². The highest BCUT2D eigenvalue weighted by Gasteiger charge is 2.42. The topological polar surface area (TPSA) is 54.3 Å². The summed E-state index contributed by atoms with van der Waals surface area (Å²) in [6.07, 6.45) is 2.97. The van der Waals surface area contributed by atoms with Crippen molar-refractivity contribution < 1.29 is 9.47 Å². The van der Waals surface area contributed by atoms with E-state index in [2.05, 4.69) is 11.4 Å². The summed E-state index contributed by atoms with van der Waals surface area (Å²) in [6.45, 7) is 2.97. The highest BCUT2D eigenvalue weighted by Crippen LogP contribution is 2.44. The van der Waals surface area contributed by atoms with Gasteiger partial charge in [-0.05, 0) is 30.5 Å². The van der Waals surface area contributed by atoms with Crippen LogP contribution < -0.4 is 14.8 Å². The number of nitrogens with one attached hydrogen (secondary N) is 1. The summed E-state index contributed by atoms with van der Waals surface area (Å²) in [5.41, 5.74) is 1.07. The fourth-order valence-corrected chi connectivity index (χ4v) is 2.24. The van der Waals surface area contributed by atoms with E-state index in [1.54, 1.807) is 0 Å². The van der Waals surface area contributed by atoms with Crippen LogP contribution in [0.3, 0.4) is 0 Å². The molecule has 1 fully saturated rings. The van der Waals surface area contributed by atoms with Crippen molar-refractivity contribution in [2.45, 2.75) is 25.8 Å². The van der Waals surface area contributed by atoms with Crippen LogP contribution in [0.4, 0.5) is 0 Å². The van der Waals surface area contributed by atoms with Crippen LogP contribution in [0.2, 0.25) is 0 Å². The molecule has 1 aromatic carbocycles. The maximum absolute atomic E-state index is 9.02. The Bertz CT molecular complexity index is 503. The van der Waals surface area contributed by atoms with Crippen molar-refractivity contribution in [1.82, 2.24) is 5.32 Å². The summed E-state index contributed by atoms with van der Waals surface area (Å²) in [5.74, 6) is 1.66. The van der Waals surface area contributed by atoms with Crippen molar-refractivity contribution in [2.24, 2.45) is 5.41 Å². The molecule has 3 rings (SSSR count). The van der Waals surface area contributed by atoms with E-state index in [1.807, 2.05) is 18.2 Å². The Labute approximate surface area is 113 Å². The van der Waals surface area contributed by atoms with E-state index in [0.717, 1.165) is 56.0 Å². The minimum Gasteiger partial charge on any atom is -0.490 e. The molecule has 0 bridgehead atoms. The van der Waals surface area contributed by atoms with Gasteiger partial charge in [-0.1, -0.05) is 6.07 Å². The molecule has 0 aromatic heterocycles. The normalized spacial score (nSPS) is 19.3.